The predicted molar refractivity (Wildman–Crippen MR) is 45.9 cm³/mol. The normalized spacial score (nSPS) is 29.1. The van der Waals surface area contributed by atoms with Crippen molar-refractivity contribution >= 4 is 6.03 Å². The van der Waals surface area contributed by atoms with Crippen molar-refractivity contribution < 1.29 is 9.90 Å². The number of nitrogens with one attached hydrogen (secondary N) is 1. The molecule has 0 bridgehead atoms. The van der Waals surface area contributed by atoms with E-state index in [0.717, 1.165) is 0 Å². The predicted octanol–water partition coefficient (Wildman–Crippen LogP) is 0.173. The second-order valence-electron chi connectivity index (χ2n) is 3.50. The molecule has 0 radical (unpaired) electrons. The van der Waals surface area contributed by atoms with Crippen LogP contribution in [0, 0.1) is 0 Å². The number of hydrogen-bond acceptors (Lipinski definition) is 2. The van der Waals surface area contributed by atoms with Crippen molar-refractivity contribution in [3.63, 3.8) is 0 Å². The zero-order valence-corrected chi connectivity index (χ0v) is 7.63. The number of hydrogen-bond donors (Lipinski definition) is 2. The van der Waals surface area contributed by atoms with Crippen molar-refractivity contribution in [1.82, 2.24) is 10.2 Å². The lowest BCUT2D eigenvalue weighted by Crippen LogP contribution is -2.40. The molecule has 0 aromatic carbocycles. The first-order chi connectivity index (χ1) is 5.55. The van der Waals surface area contributed by atoms with Crippen molar-refractivity contribution in [2.45, 2.75) is 25.9 Å². The average Bonchev–Trinajstić information content (AvgIpc) is 2.31. The van der Waals surface area contributed by atoms with Gasteiger partial charge in [0.05, 0.1) is 12.1 Å². The number of amides is 2. The Labute approximate surface area is 72.6 Å². The topological polar surface area (TPSA) is 52.6 Å². The summed E-state index contributed by atoms with van der Waals surface area (Å²) in [5, 5.41) is 12.3. The van der Waals surface area contributed by atoms with Gasteiger partial charge < -0.3 is 15.3 Å². The quantitative estimate of drug-likeness (QED) is 0.592. The molecule has 1 aliphatic heterocycles. The van der Waals surface area contributed by atoms with Gasteiger partial charge in [-0.2, -0.15) is 0 Å². The molecule has 2 amide bonds. The molecule has 0 aliphatic carbocycles. The summed E-state index contributed by atoms with van der Waals surface area (Å²) < 4.78 is 0. The third kappa shape index (κ3) is 2.11. The summed E-state index contributed by atoms with van der Waals surface area (Å²) in [5.41, 5.74) is -0.689. The van der Waals surface area contributed by atoms with E-state index in [9.17, 15) is 9.90 Å². The minimum atomic E-state index is -0.689. The Morgan fingerprint density at radius 3 is 2.83 bits per heavy atom. The van der Waals surface area contributed by atoms with E-state index in [1.807, 2.05) is 6.92 Å². The highest BCUT2D eigenvalue weighted by atomic mass is 16.3. The average molecular weight is 172 g/mol. The molecule has 1 fully saturated rings. The SMILES string of the molecule is CCNC(=O)N1CCC(C)(O)C1. The zero-order chi connectivity index (χ0) is 9.19. The summed E-state index contributed by atoms with van der Waals surface area (Å²) in [6.45, 7) is 5.37. The Balaban J connectivity index is 2.41. The van der Waals surface area contributed by atoms with Crippen LogP contribution in [0.2, 0.25) is 0 Å². The lowest BCUT2D eigenvalue weighted by Gasteiger charge is -2.18. The lowest BCUT2D eigenvalue weighted by molar-refractivity contribution is 0.0719. The van der Waals surface area contributed by atoms with Crippen LogP contribution in [0.5, 0.6) is 0 Å². The third-order valence-corrected chi connectivity index (χ3v) is 2.07. The van der Waals surface area contributed by atoms with E-state index in [1.165, 1.54) is 0 Å². The molecule has 1 heterocycles. The van der Waals surface area contributed by atoms with Gasteiger partial charge in [-0.05, 0) is 20.3 Å². The van der Waals surface area contributed by atoms with Crippen LogP contribution in [0.15, 0.2) is 0 Å². The first kappa shape index (κ1) is 9.32. The smallest absolute Gasteiger partial charge is 0.317 e. The Morgan fingerprint density at radius 2 is 2.42 bits per heavy atom. The van der Waals surface area contributed by atoms with Gasteiger partial charge in [-0.3, -0.25) is 0 Å². The number of carbonyl (C=O) groups is 1. The van der Waals surface area contributed by atoms with E-state index >= 15 is 0 Å². The van der Waals surface area contributed by atoms with Crippen molar-refractivity contribution in [1.29, 1.82) is 0 Å². The molecule has 0 spiro atoms. The van der Waals surface area contributed by atoms with E-state index in [0.29, 0.717) is 26.1 Å². The molecular weight excluding hydrogens is 156 g/mol. The minimum absolute atomic E-state index is 0.0738. The Kier molecular flexibility index (Phi) is 2.57. The van der Waals surface area contributed by atoms with Crippen molar-refractivity contribution in [2.24, 2.45) is 0 Å². The summed E-state index contributed by atoms with van der Waals surface area (Å²) in [6, 6.07) is -0.0738. The highest BCUT2D eigenvalue weighted by molar-refractivity contribution is 5.74. The molecule has 1 atom stereocenters. The maximum absolute atomic E-state index is 11.2. The van der Waals surface area contributed by atoms with Crippen LogP contribution in [-0.4, -0.2) is 41.3 Å². The number of nitrogens with zero attached hydrogens (tertiary/aromatic N) is 1. The highest BCUT2D eigenvalue weighted by Crippen LogP contribution is 2.19. The Hall–Kier alpha value is -0.770. The standard InChI is InChI=1S/C8H16N2O2/c1-3-9-7(11)10-5-4-8(2,12)6-10/h12H,3-6H2,1-2H3,(H,9,11). The van der Waals surface area contributed by atoms with Gasteiger partial charge in [0.1, 0.15) is 0 Å². The summed E-state index contributed by atoms with van der Waals surface area (Å²) in [7, 11) is 0. The number of carbonyl (C=O) groups excluding carboxylic acids is 1. The van der Waals surface area contributed by atoms with Crippen LogP contribution in [-0.2, 0) is 0 Å². The fourth-order valence-corrected chi connectivity index (χ4v) is 1.38. The van der Waals surface area contributed by atoms with E-state index < -0.39 is 5.60 Å². The maximum Gasteiger partial charge on any atom is 0.317 e. The second-order valence-corrected chi connectivity index (χ2v) is 3.50. The van der Waals surface area contributed by atoms with Gasteiger partial charge in [-0.1, -0.05) is 0 Å². The Bertz CT molecular complexity index is 180. The molecule has 1 rings (SSSR count). The van der Waals surface area contributed by atoms with Gasteiger partial charge in [0.25, 0.3) is 0 Å². The number of aliphatic hydroxyl groups is 1. The largest absolute Gasteiger partial charge is 0.388 e. The van der Waals surface area contributed by atoms with Crippen LogP contribution in [0.3, 0.4) is 0 Å². The van der Waals surface area contributed by atoms with Gasteiger partial charge >= 0.3 is 6.03 Å². The number of urea groups is 1. The summed E-state index contributed by atoms with van der Waals surface area (Å²) in [6.07, 6.45) is 0.671. The zero-order valence-electron chi connectivity index (χ0n) is 7.63. The number of likely N-dealkylation sites (tertiary alicyclic amines) is 1. The third-order valence-electron chi connectivity index (χ3n) is 2.07. The fourth-order valence-electron chi connectivity index (χ4n) is 1.38. The molecule has 4 heteroatoms. The molecule has 0 aromatic heterocycles. The van der Waals surface area contributed by atoms with Gasteiger partial charge in [0.15, 0.2) is 0 Å². The van der Waals surface area contributed by atoms with Gasteiger partial charge in [0.2, 0.25) is 0 Å². The van der Waals surface area contributed by atoms with E-state index in [4.69, 9.17) is 0 Å². The fraction of sp³-hybridized carbons (Fsp3) is 0.875. The molecule has 1 unspecified atom stereocenters. The second kappa shape index (κ2) is 3.31. The van der Waals surface area contributed by atoms with Crippen molar-refractivity contribution in [2.75, 3.05) is 19.6 Å². The molecule has 0 aromatic rings. The summed E-state index contributed by atoms with van der Waals surface area (Å²) in [5.74, 6) is 0. The van der Waals surface area contributed by atoms with E-state index in [2.05, 4.69) is 5.32 Å². The van der Waals surface area contributed by atoms with Crippen molar-refractivity contribution in [3.05, 3.63) is 0 Å². The Morgan fingerprint density at radius 1 is 1.75 bits per heavy atom. The van der Waals surface area contributed by atoms with Crippen LogP contribution in [0.4, 0.5) is 4.79 Å². The summed E-state index contributed by atoms with van der Waals surface area (Å²) >= 11 is 0. The minimum Gasteiger partial charge on any atom is -0.388 e. The molecule has 4 nitrogen and oxygen atoms in total. The lowest BCUT2D eigenvalue weighted by atomic mass is 10.1. The first-order valence-corrected chi connectivity index (χ1v) is 4.30. The summed E-state index contributed by atoms with van der Waals surface area (Å²) in [4.78, 5) is 12.9. The van der Waals surface area contributed by atoms with Crippen LogP contribution < -0.4 is 5.32 Å². The number of rotatable bonds is 1. The molecule has 2 N–H and O–H groups in total. The molecule has 0 saturated carbocycles. The van der Waals surface area contributed by atoms with Gasteiger partial charge in [-0.15, -0.1) is 0 Å². The van der Waals surface area contributed by atoms with Crippen molar-refractivity contribution in [3.8, 4) is 0 Å². The molecule has 1 saturated heterocycles. The molecule has 70 valence electrons. The molecule has 1 aliphatic rings. The highest BCUT2D eigenvalue weighted by Gasteiger charge is 2.33. The molecule has 12 heavy (non-hydrogen) atoms. The van der Waals surface area contributed by atoms with Gasteiger partial charge in [0, 0.05) is 13.1 Å². The van der Waals surface area contributed by atoms with Crippen LogP contribution in [0.25, 0.3) is 0 Å². The number of β-amino-alcohol motifs (C(OH)–C–C–N with tert-alkyl or cyclic N) is 1. The van der Waals surface area contributed by atoms with Gasteiger partial charge in [-0.25, -0.2) is 4.79 Å². The van der Waals surface area contributed by atoms with Crippen LogP contribution >= 0.6 is 0 Å². The monoisotopic (exact) mass is 172 g/mol. The first-order valence-electron chi connectivity index (χ1n) is 4.30. The maximum atomic E-state index is 11.2. The van der Waals surface area contributed by atoms with Crippen LogP contribution in [0.1, 0.15) is 20.3 Å². The van der Waals surface area contributed by atoms with E-state index in [1.54, 1.807) is 11.8 Å². The van der Waals surface area contributed by atoms with E-state index in [-0.39, 0.29) is 6.03 Å². The molecular formula is C8H16N2O2.